The Morgan fingerprint density at radius 3 is 2.83 bits per heavy atom. The van der Waals surface area contributed by atoms with Crippen molar-refractivity contribution in [3.63, 3.8) is 0 Å². The van der Waals surface area contributed by atoms with E-state index in [-0.39, 0.29) is 5.54 Å². The van der Waals surface area contributed by atoms with E-state index in [1.165, 1.54) is 37.1 Å². The molecule has 1 saturated heterocycles. The smallest absolute Gasteiger partial charge is 0.0138 e. The minimum atomic E-state index is -0.123. The summed E-state index contributed by atoms with van der Waals surface area (Å²) in [6.07, 6.45) is 3.58. The molecule has 100 valence electrons. The molecule has 2 N–H and O–H groups in total. The Kier molecular flexibility index (Phi) is 4.08. The Balaban J connectivity index is 2.11. The van der Waals surface area contributed by atoms with Crippen LogP contribution < -0.4 is 5.73 Å². The zero-order valence-electron chi connectivity index (χ0n) is 11.9. The van der Waals surface area contributed by atoms with Gasteiger partial charge in [0.15, 0.2) is 0 Å². The number of hydrogen-bond acceptors (Lipinski definition) is 2. The van der Waals surface area contributed by atoms with Gasteiger partial charge in [-0.1, -0.05) is 24.3 Å². The van der Waals surface area contributed by atoms with Crippen LogP contribution in [0.4, 0.5) is 0 Å². The van der Waals surface area contributed by atoms with E-state index in [1.54, 1.807) is 0 Å². The Morgan fingerprint density at radius 2 is 2.17 bits per heavy atom. The van der Waals surface area contributed by atoms with E-state index >= 15 is 0 Å². The number of nitrogens with two attached hydrogens (primary N) is 1. The molecule has 0 bridgehead atoms. The standard InChI is InChI=1S/C16H26N2/c1-16(2,17)11-13-6-4-7-14(10-13)15-8-5-9-18(3)12-15/h4,6-7,10,15H,5,8-9,11-12,17H2,1-3H3. The predicted octanol–water partition coefficient (Wildman–Crippen LogP) is 2.78. The second-order valence-electron chi connectivity index (χ2n) is 6.51. The first kappa shape index (κ1) is 13.6. The number of nitrogens with zero attached hydrogens (tertiary/aromatic N) is 1. The Morgan fingerprint density at radius 1 is 1.39 bits per heavy atom. The molecule has 2 rings (SSSR count). The first-order valence-corrected chi connectivity index (χ1v) is 7.00. The predicted molar refractivity (Wildman–Crippen MR) is 77.9 cm³/mol. The van der Waals surface area contributed by atoms with E-state index in [0.29, 0.717) is 5.92 Å². The third-order valence-electron chi connectivity index (χ3n) is 3.71. The summed E-state index contributed by atoms with van der Waals surface area (Å²) in [6.45, 7) is 6.61. The topological polar surface area (TPSA) is 29.3 Å². The van der Waals surface area contributed by atoms with Crippen molar-refractivity contribution in [3.05, 3.63) is 35.4 Å². The van der Waals surface area contributed by atoms with Crippen LogP contribution in [0.5, 0.6) is 0 Å². The highest BCUT2D eigenvalue weighted by molar-refractivity contribution is 5.28. The van der Waals surface area contributed by atoms with Crippen LogP contribution in [0.2, 0.25) is 0 Å². The average Bonchev–Trinajstić information content (AvgIpc) is 2.27. The third-order valence-corrected chi connectivity index (χ3v) is 3.71. The van der Waals surface area contributed by atoms with Gasteiger partial charge in [-0.2, -0.15) is 0 Å². The summed E-state index contributed by atoms with van der Waals surface area (Å²) in [5.74, 6) is 0.699. The van der Waals surface area contributed by atoms with E-state index in [1.807, 2.05) is 0 Å². The van der Waals surface area contributed by atoms with Gasteiger partial charge >= 0.3 is 0 Å². The lowest BCUT2D eigenvalue weighted by molar-refractivity contribution is 0.251. The third kappa shape index (κ3) is 3.82. The average molecular weight is 246 g/mol. The summed E-state index contributed by atoms with van der Waals surface area (Å²) in [4.78, 5) is 2.44. The second kappa shape index (κ2) is 5.41. The summed E-state index contributed by atoms with van der Waals surface area (Å²) < 4.78 is 0. The van der Waals surface area contributed by atoms with Crippen LogP contribution >= 0.6 is 0 Å². The number of likely N-dealkylation sites (N-methyl/N-ethyl adjacent to an activating group) is 1. The minimum absolute atomic E-state index is 0.123. The number of rotatable bonds is 3. The molecule has 1 fully saturated rings. The van der Waals surface area contributed by atoms with Crippen molar-refractivity contribution in [1.29, 1.82) is 0 Å². The highest BCUT2D eigenvalue weighted by atomic mass is 15.1. The fourth-order valence-electron chi connectivity index (χ4n) is 2.92. The van der Waals surface area contributed by atoms with Crippen molar-refractivity contribution in [2.75, 3.05) is 20.1 Å². The normalized spacial score (nSPS) is 22.1. The van der Waals surface area contributed by atoms with Gasteiger partial charge in [0.25, 0.3) is 0 Å². The Bertz CT molecular complexity index is 392. The second-order valence-corrected chi connectivity index (χ2v) is 6.51. The van der Waals surface area contributed by atoms with Crippen molar-refractivity contribution < 1.29 is 0 Å². The molecular weight excluding hydrogens is 220 g/mol. The van der Waals surface area contributed by atoms with Gasteiger partial charge in [-0.05, 0) is 63.7 Å². The van der Waals surface area contributed by atoms with Crippen LogP contribution in [0.25, 0.3) is 0 Å². The van der Waals surface area contributed by atoms with Crippen LogP contribution in [-0.2, 0) is 6.42 Å². The lowest BCUT2D eigenvalue weighted by atomic mass is 9.88. The van der Waals surface area contributed by atoms with E-state index in [2.05, 4.69) is 50.1 Å². The van der Waals surface area contributed by atoms with Crippen LogP contribution in [0.15, 0.2) is 24.3 Å². The highest BCUT2D eigenvalue weighted by Crippen LogP contribution is 2.27. The molecule has 0 aliphatic carbocycles. The molecule has 1 aliphatic rings. The molecule has 2 nitrogen and oxygen atoms in total. The quantitative estimate of drug-likeness (QED) is 0.888. The summed E-state index contributed by atoms with van der Waals surface area (Å²) in [7, 11) is 2.22. The lowest BCUT2D eigenvalue weighted by Crippen LogP contribution is -2.34. The number of likely N-dealkylation sites (tertiary alicyclic amines) is 1. The molecule has 1 aromatic carbocycles. The van der Waals surface area contributed by atoms with Crippen molar-refractivity contribution in [2.24, 2.45) is 5.73 Å². The first-order chi connectivity index (χ1) is 8.44. The molecule has 0 amide bonds. The van der Waals surface area contributed by atoms with Crippen molar-refractivity contribution in [2.45, 2.75) is 44.6 Å². The van der Waals surface area contributed by atoms with Gasteiger partial charge in [0.1, 0.15) is 0 Å². The van der Waals surface area contributed by atoms with Gasteiger partial charge in [-0.25, -0.2) is 0 Å². The highest BCUT2D eigenvalue weighted by Gasteiger charge is 2.19. The molecule has 2 heteroatoms. The van der Waals surface area contributed by atoms with Gasteiger partial charge in [-0.3, -0.25) is 0 Å². The molecule has 0 spiro atoms. The molecule has 1 unspecified atom stereocenters. The SMILES string of the molecule is CN1CCCC(c2cccc(CC(C)(C)N)c2)C1. The summed E-state index contributed by atoms with van der Waals surface area (Å²) in [5, 5.41) is 0. The fraction of sp³-hybridized carbons (Fsp3) is 0.625. The molecule has 0 radical (unpaired) electrons. The van der Waals surface area contributed by atoms with E-state index < -0.39 is 0 Å². The van der Waals surface area contributed by atoms with E-state index in [9.17, 15) is 0 Å². The molecule has 1 heterocycles. The Hall–Kier alpha value is -0.860. The van der Waals surface area contributed by atoms with Gasteiger partial charge in [0, 0.05) is 12.1 Å². The van der Waals surface area contributed by atoms with Crippen LogP contribution in [-0.4, -0.2) is 30.6 Å². The zero-order valence-corrected chi connectivity index (χ0v) is 11.9. The number of benzene rings is 1. The van der Waals surface area contributed by atoms with Gasteiger partial charge in [-0.15, -0.1) is 0 Å². The molecule has 1 aromatic rings. The summed E-state index contributed by atoms with van der Waals surface area (Å²) in [5.41, 5.74) is 8.84. The summed E-state index contributed by atoms with van der Waals surface area (Å²) in [6, 6.07) is 9.02. The largest absolute Gasteiger partial charge is 0.325 e. The number of piperidine rings is 1. The Labute approximate surface area is 111 Å². The van der Waals surface area contributed by atoms with Gasteiger partial charge < -0.3 is 10.6 Å². The molecule has 1 aliphatic heterocycles. The van der Waals surface area contributed by atoms with Crippen LogP contribution in [0.3, 0.4) is 0 Å². The molecule has 0 aromatic heterocycles. The zero-order chi connectivity index (χ0) is 13.2. The molecule has 1 atom stereocenters. The number of hydrogen-bond donors (Lipinski definition) is 1. The van der Waals surface area contributed by atoms with Crippen LogP contribution in [0.1, 0.15) is 43.7 Å². The van der Waals surface area contributed by atoms with Gasteiger partial charge in [0.05, 0.1) is 0 Å². The van der Waals surface area contributed by atoms with E-state index in [0.717, 1.165) is 6.42 Å². The molecular formula is C16H26N2. The first-order valence-electron chi connectivity index (χ1n) is 7.00. The van der Waals surface area contributed by atoms with Gasteiger partial charge in [0.2, 0.25) is 0 Å². The maximum Gasteiger partial charge on any atom is 0.0138 e. The molecule has 0 saturated carbocycles. The monoisotopic (exact) mass is 246 g/mol. The minimum Gasteiger partial charge on any atom is -0.325 e. The van der Waals surface area contributed by atoms with Crippen molar-refractivity contribution in [3.8, 4) is 0 Å². The van der Waals surface area contributed by atoms with Crippen LogP contribution in [0, 0.1) is 0 Å². The van der Waals surface area contributed by atoms with E-state index in [4.69, 9.17) is 5.73 Å². The molecule has 18 heavy (non-hydrogen) atoms. The van der Waals surface area contributed by atoms with Crippen molar-refractivity contribution >= 4 is 0 Å². The lowest BCUT2D eigenvalue weighted by Gasteiger charge is -2.30. The van der Waals surface area contributed by atoms with Crippen molar-refractivity contribution in [1.82, 2.24) is 4.90 Å². The maximum absolute atomic E-state index is 6.11. The maximum atomic E-state index is 6.11. The summed E-state index contributed by atoms with van der Waals surface area (Å²) >= 11 is 0. The fourth-order valence-corrected chi connectivity index (χ4v) is 2.92.